The summed E-state index contributed by atoms with van der Waals surface area (Å²) in [5.41, 5.74) is 0. The van der Waals surface area contributed by atoms with Gasteiger partial charge in [0.1, 0.15) is 12.2 Å². The topological polar surface area (TPSA) is 80.7 Å². The average Bonchev–Trinajstić information content (AvgIpc) is 2.28. The molecule has 5 heteroatoms. The lowest BCUT2D eigenvalue weighted by Crippen LogP contribution is -2.27. The highest BCUT2D eigenvalue weighted by Gasteiger charge is 2.27. The Morgan fingerprint density at radius 1 is 1.12 bits per heavy atom. The van der Waals surface area contributed by atoms with Gasteiger partial charge in [0.2, 0.25) is 0 Å². The van der Waals surface area contributed by atoms with Crippen molar-refractivity contribution < 1.29 is 24.2 Å². The number of carboxylic acids is 1. The molecule has 0 radical (unpaired) electrons. The second-order valence-electron chi connectivity index (χ2n) is 4.46. The molecule has 1 fully saturated rings. The highest BCUT2D eigenvalue weighted by Crippen LogP contribution is 2.27. The molecule has 0 aromatic rings. The zero-order chi connectivity index (χ0) is 12.8. The number of carbonyl (C=O) groups excluding carboxylic acids is 2. The monoisotopic (exact) mass is 242 g/mol. The molecule has 0 bridgehead atoms. The molecule has 0 aromatic heterocycles. The van der Waals surface area contributed by atoms with Gasteiger partial charge in [0.15, 0.2) is 5.78 Å². The van der Waals surface area contributed by atoms with Crippen molar-refractivity contribution in [2.24, 2.45) is 5.92 Å². The lowest BCUT2D eigenvalue weighted by Gasteiger charge is -2.26. The number of aliphatic carboxylic acids is 1. The predicted molar refractivity (Wildman–Crippen MR) is 59.6 cm³/mol. The summed E-state index contributed by atoms with van der Waals surface area (Å²) < 4.78 is 5.20. The summed E-state index contributed by atoms with van der Waals surface area (Å²) in [4.78, 5) is 33.2. The fourth-order valence-corrected chi connectivity index (χ4v) is 2.19. The lowest BCUT2D eigenvalue weighted by atomic mass is 9.83. The number of rotatable bonds is 6. The molecule has 0 aromatic carbocycles. The maximum Gasteiger partial charge on any atom is 0.310 e. The van der Waals surface area contributed by atoms with Crippen LogP contribution in [0, 0.1) is 5.92 Å². The van der Waals surface area contributed by atoms with Gasteiger partial charge in [0.05, 0.1) is 12.5 Å². The zero-order valence-electron chi connectivity index (χ0n) is 9.98. The highest BCUT2D eigenvalue weighted by molar-refractivity contribution is 6.05. The molecule has 0 amide bonds. The number of Topliss-reactive ketones (excluding diaryl/α,β-unsaturated/α-hetero) is 2. The third kappa shape index (κ3) is 4.65. The summed E-state index contributed by atoms with van der Waals surface area (Å²) in [5, 5.41) is 8.43. The summed E-state index contributed by atoms with van der Waals surface area (Å²) in [7, 11) is 1.66. The average molecular weight is 242 g/mol. The number of ether oxygens (including phenoxy) is 1. The van der Waals surface area contributed by atoms with Crippen LogP contribution in [0.3, 0.4) is 0 Å². The van der Waals surface area contributed by atoms with E-state index in [1.54, 1.807) is 7.11 Å². The number of hydrogen-bond acceptors (Lipinski definition) is 4. The number of carboxylic acid groups (broad SMARTS) is 1. The Bertz CT molecular complexity index is 302. The highest BCUT2D eigenvalue weighted by atomic mass is 16.5. The van der Waals surface area contributed by atoms with E-state index >= 15 is 0 Å². The maximum atomic E-state index is 11.7. The van der Waals surface area contributed by atoms with Crippen molar-refractivity contribution >= 4 is 17.5 Å². The van der Waals surface area contributed by atoms with Crippen LogP contribution < -0.4 is 0 Å². The first-order chi connectivity index (χ1) is 8.02. The molecule has 0 spiro atoms. The van der Waals surface area contributed by atoms with Crippen LogP contribution in [0.15, 0.2) is 0 Å². The Morgan fingerprint density at radius 2 is 1.71 bits per heavy atom. The molecule has 17 heavy (non-hydrogen) atoms. The van der Waals surface area contributed by atoms with E-state index in [-0.39, 0.29) is 24.2 Å². The predicted octanol–water partition coefficient (Wildman–Crippen LogP) is 1.19. The van der Waals surface area contributed by atoms with Crippen molar-refractivity contribution in [3.63, 3.8) is 0 Å². The fraction of sp³-hybridized carbons (Fsp3) is 0.750. The first-order valence-corrected chi connectivity index (χ1v) is 5.82. The van der Waals surface area contributed by atoms with Crippen LogP contribution >= 0.6 is 0 Å². The Morgan fingerprint density at radius 3 is 2.18 bits per heavy atom. The second-order valence-corrected chi connectivity index (χ2v) is 4.46. The third-order valence-electron chi connectivity index (χ3n) is 3.18. The third-order valence-corrected chi connectivity index (χ3v) is 3.18. The standard InChI is InChI=1S/C12H18O5/c1-17-10-4-2-8(3-5-10)11(14)6-9(13)7-12(15)16/h8,10H,2-7H2,1H3,(H,15,16). The van der Waals surface area contributed by atoms with E-state index in [4.69, 9.17) is 9.84 Å². The number of ketones is 2. The van der Waals surface area contributed by atoms with Gasteiger partial charge in [-0.3, -0.25) is 14.4 Å². The van der Waals surface area contributed by atoms with Crippen LogP contribution in [0.4, 0.5) is 0 Å². The molecule has 0 unspecified atom stereocenters. The summed E-state index contributed by atoms with van der Waals surface area (Å²) in [6.07, 6.45) is 2.55. The fourth-order valence-electron chi connectivity index (χ4n) is 2.19. The smallest absolute Gasteiger partial charge is 0.310 e. The van der Waals surface area contributed by atoms with Crippen molar-refractivity contribution in [1.29, 1.82) is 0 Å². The minimum absolute atomic E-state index is 0.0980. The molecular weight excluding hydrogens is 224 g/mol. The normalized spacial score (nSPS) is 24.3. The molecule has 5 nitrogen and oxygen atoms in total. The van der Waals surface area contributed by atoms with Gasteiger partial charge in [-0.1, -0.05) is 0 Å². The van der Waals surface area contributed by atoms with E-state index in [1.807, 2.05) is 0 Å². The van der Waals surface area contributed by atoms with Crippen LogP contribution in [0.5, 0.6) is 0 Å². The van der Waals surface area contributed by atoms with Crippen LogP contribution in [0.1, 0.15) is 38.5 Å². The van der Waals surface area contributed by atoms with Crippen molar-refractivity contribution in [1.82, 2.24) is 0 Å². The van der Waals surface area contributed by atoms with Crippen molar-refractivity contribution in [2.45, 2.75) is 44.6 Å². The zero-order valence-corrected chi connectivity index (χ0v) is 9.98. The first-order valence-electron chi connectivity index (χ1n) is 5.82. The molecule has 0 saturated heterocycles. The molecule has 1 saturated carbocycles. The molecule has 96 valence electrons. The van der Waals surface area contributed by atoms with Gasteiger partial charge >= 0.3 is 5.97 Å². The van der Waals surface area contributed by atoms with Crippen LogP contribution in [-0.4, -0.2) is 35.9 Å². The number of hydrogen-bond donors (Lipinski definition) is 1. The van der Waals surface area contributed by atoms with Crippen LogP contribution in [0.25, 0.3) is 0 Å². The van der Waals surface area contributed by atoms with Crippen LogP contribution in [-0.2, 0) is 19.1 Å². The van der Waals surface area contributed by atoms with Crippen molar-refractivity contribution in [2.75, 3.05) is 7.11 Å². The van der Waals surface area contributed by atoms with Crippen LogP contribution in [0.2, 0.25) is 0 Å². The summed E-state index contributed by atoms with van der Waals surface area (Å²) in [5.74, 6) is -1.90. The summed E-state index contributed by atoms with van der Waals surface area (Å²) in [6, 6.07) is 0. The van der Waals surface area contributed by atoms with Gasteiger partial charge in [-0.05, 0) is 25.7 Å². The molecule has 1 aliphatic carbocycles. The van der Waals surface area contributed by atoms with Gasteiger partial charge in [0, 0.05) is 13.0 Å². The molecular formula is C12H18O5. The molecule has 0 aliphatic heterocycles. The maximum absolute atomic E-state index is 11.7. The van der Waals surface area contributed by atoms with Crippen molar-refractivity contribution in [3.05, 3.63) is 0 Å². The van der Waals surface area contributed by atoms with Gasteiger partial charge in [-0.25, -0.2) is 0 Å². The Labute approximate surface area is 100 Å². The minimum atomic E-state index is -1.18. The summed E-state index contributed by atoms with van der Waals surface area (Å²) >= 11 is 0. The van der Waals surface area contributed by atoms with E-state index in [1.165, 1.54) is 0 Å². The number of carbonyl (C=O) groups is 3. The van der Waals surface area contributed by atoms with Gasteiger partial charge in [-0.15, -0.1) is 0 Å². The molecule has 1 aliphatic rings. The molecule has 1 N–H and O–H groups in total. The Balaban J connectivity index is 2.34. The van der Waals surface area contributed by atoms with Crippen molar-refractivity contribution in [3.8, 4) is 0 Å². The van der Waals surface area contributed by atoms with Gasteiger partial charge in [0.25, 0.3) is 0 Å². The quantitative estimate of drug-likeness (QED) is 0.708. The van der Waals surface area contributed by atoms with E-state index in [2.05, 4.69) is 0 Å². The van der Waals surface area contributed by atoms with E-state index < -0.39 is 18.2 Å². The molecule has 1 rings (SSSR count). The SMILES string of the molecule is COC1CCC(C(=O)CC(=O)CC(=O)O)CC1. The molecule has 0 heterocycles. The summed E-state index contributed by atoms with van der Waals surface area (Å²) in [6.45, 7) is 0. The number of methoxy groups -OCH3 is 1. The first kappa shape index (κ1) is 13.8. The van der Waals surface area contributed by atoms with E-state index in [0.29, 0.717) is 0 Å². The van der Waals surface area contributed by atoms with E-state index in [9.17, 15) is 14.4 Å². The Hall–Kier alpha value is -1.23. The van der Waals surface area contributed by atoms with Gasteiger partial charge < -0.3 is 9.84 Å². The van der Waals surface area contributed by atoms with Gasteiger partial charge in [-0.2, -0.15) is 0 Å². The Kier molecular flexibility index (Phi) is 5.28. The lowest BCUT2D eigenvalue weighted by molar-refractivity contribution is -0.140. The minimum Gasteiger partial charge on any atom is -0.481 e. The molecule has 0 atom stereocenters. The largest absolute Gasteiger partial charge is 0.481 e. The second kappa shape index (κ2) is 6.49. The van der Waals surface area contributed by atoms with E-state index in [0.717, 1.165) is 25.7 Å².